The van der Waals surface area contributed by atoms with E-state index in [9.17, 15) is 0 Å². The van der Waals surface area contributed by atoms with Gasteiger partial charge >= 0.3 is 0 Å². The van der Waals surface area contributed by atoms with Gasteiger partial charge in [0.05, 0.1) is 6.33 Å². The molecule has 3 aromatic heterocycles. The van der Waals surface area contributed by atoms with E-state index in [-0.39, 0.29) is 0 Å². The second-order valence-electron chi connectivity index (χ2n) is 7.13. The second-order valence-corrected chi connectivity index (χ2v) is 8.08. The molecule has 1 aliphatic rings. The average molecular weight is 379 g/mol. The monoisotopic (exact) mass is 378 g/mol. The Morgan fingerprint density at radius 3 is 2.81 bits per heavy atom. The highest BCUT2D eigenvalue weighted by Gasteiger charge is 2.16. The van der Waals surface area contributed by atoms with E-state index in [1.165, 1.54) is 48.6 Å². The number of hydrogen-bond donors (Lipinski definition) is 3. The van der Waals surface area contributed by atoms with Gasteiger partial charge in [0.25, 0.3) is 0 Å². The number of H-pyrrole nitrogens is 1. The number of nitrogens with one attached hydrogen (secondary N) is 3. The number of hydrogen-bond acceptors (Lipinski definition) is 6. The topological polar surface area (TPSA) is 78.5 Å². The van der Waals surface area contributed by atoms with Crippen molar-refractivity contribution in [1.82, 2.24) is 19.9 Å². The van der Waals surface area contributed by atoms with Crippen LogP contribution in [0.2, 0.25) is 0 Å². The Labute approximate surface area is 161 Å². The molecule has 0 spiro atoms. The fourth-order valence-corrected chi connectivity index (χ4v) is 4.60. The third-order valence-corrected chi connectivity index (χ3v) is 6.07. The lowest BCUT2D eigenvalue weighted by Crippen LogP contribution is -2.19. The summed E-state index contributed by atoms with van der Waals surface area (Å²) in [5.74, 6) is 1.41. The van der Waals surface area contributed by atoms with Crippen LogP contribution in [0.25, 0.3) is 21.3 Å². The van der Waals surface area contributed by atoms with Crippen LogP contribution >= 0.6 is 11.3 Å². The van der Waals surface area contributed by atoms with Crippen molar-refractivity contribution in [2.45, 2.75) is 44.6 Å². The van der Waals surface area contributed by atoms with Gasteiger partial charge in [0.2, 0.25) is 5.95 Å². The average Bonchev–Trinajstić information content (AvgIpc) is 3.26. The van der Waals surface area contributed by atoms with Crippen LogP contribution in [0.4, 0.5) is 17.5 Å². The third kappa shape index (κ3) is 3.47. The fourth-order valence-electron chi connectivity index (χ4n) is 3.77. The lowest BCUT2D eigenvalue weighted by Gasteiger charge is -2.17. The second kappa shape index (κ2) is 7.15. The van der Waals surface area contributed by atoms with Gasteiger partial charge in [-0.15, -0.1) is 11.3 Å². The smallest absolute Gasteiger partial charge is 0.231 e. The Kier molecular flexibility index (Phi) is 4.37. The molecule has 0 amide bonds. The molecule has 0 unspecified atom stereocenters. The number of rotatable bonds is 4. The van der Waals surface area contributed by atoms with Crippen molar-refractivity contribution < 1.29 is 0 Å². The predicted molar refractivity (Wildman–Crippen MR) is 112 cm³/mol. The van der Waals surface area contributed by atoms with Crippen LogP contribution in [0.5, 0.6) is 0 Å². The Morgan fingerprint density at radius 2 is 1.93 bits per heavy atom. The maximum atomic E-state index is 4.76. The van der Waals surface area contributed by atoms with Gasteiger partial charge in [0.1, 0.15) is 5.52 Å². The van der Waals surface area contributed by atoms with E-state index in [0.29, 0.717) is 17.6 Å². The molecule has 27 heavy (non-hydrogen) atoms. The highest BCUT2D eigenvalue weighted by molar-refractivity contribution is 7.17. The molecule has 0 saturated heterocycles. The van der Waals surface area contributed by atoms with Gasteiger partial charge < -0.3 is 15.6 Å². The van der Waals surface area contributed by atoms with E-state index >= 15 is 0 Å². The van der Waals surface area contributed by atoms with Crippen molar-refractivity contribution in [3.63, 3.8) is 0 Å². The van der Waals surface area contributed by atoms with Crippen molar-refractivity contribution in [2.75, 3.05) is 10.6 Å². The SMILES string of the molecule is c1nc2nc(Nc3ccc4ccsc4c3)nc(NC3CCCCCC3)c2[nH]1. The minimum Gasteiger partial charge on any atom is -0.365 e. The van der Waals surface area contributed by atoms with Gasteiger partial charge in [-0.25, -0.2) is 4.98 Å². The molecule has 1 fully saturated rings. The molecule has 3 N–H and O–H groups in total. The number of benzene rings is 1. The van der Waals surface area contributed by atoms with Crippen LogP contribution in [0.1, 0.15) is 38.5 Å². The quantitative estimate of drug-likeness (QED) is 0.412. The first kappa shape index (κ1) is 16.5. The molecule has 0 aliphatic heterocycles. The van der Waals surface area contributed by atoms with Crippen LogP contribution in [0.15, 0.2) is 36.0 Å². The van der Waals surface area contributed by atoms with Gasteiger partial charge in [0, 0.05) is 16.4 Å². The largest absolute Gasteiger partial charge is 0.365 e. The Balaban J connectivity index is 1.45. The first-order chi connectivity index (χ1) is 13.3. The zero-order chi connectivity index (χ0) is 18.1. The van der Waals surface area contributed by atoms with Gasteiger partial charge in [-0.2, -0.15) is 9.97 Å². The molecule has 7 heteroatoms. The molecule has 138 valence electrons. The highest BCUT2D eigenvalue weighted by Crippen LogP contribution is 2.28. The van der Waals surface area contributed by atoms with E-state index in [1.807, 2.05) is 0 Å². The Morgan fingerprint density at radius 1 is 1.04 bits per heavy atom. The number of imidazole rings is 1. The molecular formula is C20H22N6S. The first-order valence-electron chi connectivity index (χ1n) is 9.57. The number of thiophene rings is 1. The van der Waals surface area contributed by atoms with E-state index < -0.39 is 0 Å². The summed E-state index contributed by atoms with van der Waals surface area (Å²) in [6.45, 7) is 0. The molecule has 5 rings (SSSR count). The van der Waals surface area contributed by atoms with Crippen molar-refractivity contribution in [3.05, 3.63) is 36.0 Å². The van der Waals surface area contributed by atoms with Crippen LogP contribution < -0.4 is 10.6 Å². The van der Waals surface area contributed by atoms with Gasteiger partial charge in [-0.3, -0.25) is 0 Å². The highest BCUT2D eigenvalue weighted by atomic mass is 32.1. The van der Waals surface area contributed by atoms with Crippen molar-refractivity contribution in [1.29, 1.82) is 0 Å². The number of aromatic amines is 1. The van der Waals surface area contributed by atoms with E-state index in [1.54, 1.807) is 17.7 Å². The molecular weight excluding hydrogens is 356 g/mol. The summed E-state index contributed by atoms with van der Waals surface area (Å²) >= 11 is 1.73. The number of fused-ring (bicyclic) bond motifs is 2. The molecule has 0 atom stereocenters. The Hall–Kier alpha value is -2.67. The zero-order valence-electron chi connectivity index (χ0n) is 15.0. The molecule has 1 aliphatic carbocycles. The first-order valence-corrected chi connectivity index (χ1v) is 10.4. The third-order valence-electron chi connectivity index (χ3n) is 5.19. The van der Waals surface area contributed by atoms with E-state index in [2.05, 4.69) is 55.2 Å². The summed E-state index contributed by atoms with van der Waals surface area (Å²) in [7, 11) is 0. The van der Waals surface area contributed by atoms with Crippen LogP contribution in [-0.4, -0.2) is 26.0 Å². The molecule has 6 nitrogen and oxygen atoms in total. The summed E-state index contributed by atoms with van der Waals surface area (Å²) in [6, 6.07) is 8.91. The predicted octanol–water partition coefficient (Wildman–Crippen LogP) is 5.45. The number of aromatic nitrogens is 4. The van der Waals surface area contributed by atoms with Crippen molar-refractivity contribution >= 4 is 50.0 Å². The molecule has 3 heterocycles. The van der Waals surface area contributed by atoms with Crippen molar-refractivity contribution in [2.24, 2.45) is 0 Å². The zero-order valence-corrected chi connectivity index (χ0v) is 15.9. The standard InChI is InChI=1S/C20H22N6S/c1-2-4-6-14(5-3-1)23-19-17-18(22-12-21-17)25-20(26-19)24-15-8-7-13-9-10-27-16(13)11-15/h7-12,14H,1-6H2,(H3,21,22,23,24,25,26). The number of nitrogens with zero attached hydrogens (tertiary/aromatic N) is 3. The summed E-state index contributed by atoms with van der Waals surface area (Å²) < 4.78 is 1.25. The van der Waals surface area contributed by atoms with Crippen LogP contribution in [0, 0.1) is 0 Å². The number of anilines is 3. The molecule has 4 aromatic rings. The summed E-state index contributed by atoms with van der Waals surface area (Å²) in [4.78, 5) is 16.9. The minimum absolute atomic E-state index is 0.462. The molecule has 1 aromatic carbocycles. The molecule has 0 bridgehead atoms. The van der Waals surface area contributed by atoms with Gasteiger partial charge in [-0.1, -0.05) is 31.7 Å². The van der Waals surface area contributed by atoms with Crippen LogP contribution in [-0.2, 0) is 0 Å². The maximum Gasteiger partial charge on any atom is 0.231 e. The lowest BCUT2D eigenvalue weighted by molar-refractivity contribution is 0.618. The minimum atomic E-state index is 0.462. The summed E-state index contributed by atoms with van der Waals surface area (Å²) in [6.07, 6.45) is 9.29. The van der Waals surface area contributed by atoms with Crippen molar-refractivity contribution in [3.8, 4) is 0 Å². The van der Waals surface area contributed by atoms with Crippen LogP contribution in [0.3, 0.4) is 0 Å². The lowest BCUT2D eigenvalue weighted by atomic mass is 10.1. The van der Waals surface area contributed by atoms with Gasteiger partial charge in [0.15, 0.2) is 11.5 Å². The van der Waals surface area contributed by atoms with E-state index in [0.717, 1.165) is 17.0 Å². The Bertz CT molecular complexity index is 1060. The van der Waals surface area contributed by atoms with E-state index in [4.69, 9.17) is 4.98 Å². The van der Waals surface area contributed by atoms with Gasteiger partial charge in [-0.05, 0) is 41.8 Å². The molecule has 0 radical (unpaired) electrons. The summed E-state index contributed by atoms with van der Waals surface area (Å²) in [5, 5.41) is 10.4. The normalized spacial score (nSPS) is 15.9. The summed E-state index contributed by atoms with van der Waals surface area (Å²) in [5.41, 5.74) is 2.54. The maximum absolute atomic E-state index is 4.76. The fraction of sp³-hybridized carbons (Fsp3) is 0.350. The molecule has 1 saturated carbocycles.